The molecule has 0 bridgehead atoms. The molecule has 6 nitrogen and oxygen atoms in total. The van der Waals surface area contributed by atoms with E-state index in [9.17, 15) is 26.4 Å². The average Bonchev–Trinajstić information content (AvgIpc) is 2.77. The molecule has 0 aliphatic rings. The Morgan fingerprint density at radius 1 is 0.935 bits per heavy atom. The number of anilines is 2. The van der Waals surface area contributed by atoms with Crippen molar-refractivity contribution in [2.75, 3.05) is 23.8 Å². The first-order chi connectivity index (χ1) is 14.7. The first-order valence-corrected chi connectivity index (χ1v) is 10.3. The number of ether oxygens (including phenoxy) is 1. The SMILES string of the molecule is COc1ccc(NC(=O)c2ccccc2N(C)S(=O)(=O)c2ccc(F)c(F)c2F)cc1. The number of benzene rings is 3. The molecule has 10 heteroatoms. The number of nitrogens with zero attached hydrogens (tertiary/aromatic N) is 1. The largest absolute Gasteiger partial charge is 0.497 e. The number of hydrogen-bond donors (Lipinski definition) is 1. The number of hydrogen-bond acceptors (Lipinski definition) is 4. The first-order valence-electron chi connectivity index (χ1n) is 8.83. The molecular weight excluding hydrogens is 433 g/mol. The van der Waals surface area contributed by atoms with Gasteiger partial charge < -0.3 is 10.1 Å². The highest BCUT2D eigenvalue weighted by molar-refractivity contribution is 7.92. The van der Waals surface area contributed by atoms with Gasteiger partial charge in [-0.3, -0.25) is 9.10 Å². The minimum atomic E-state index is -4.64. The number of sulfonamides is 1. The van der Waals surface area contributed by atoms with Crippen LogP contribution >= 0.6 is 0 Å². The molecule has 0 aromatic heterocycles. The van der Waals surface area contributed by atoms with Crippen LogP contribution in [-0.4, -0.2) is 28.5 Å². The van der Waals surface area contributed by atoms with E-state index < -0.39 is 38.3 Å². The zero-order chi connectivity index (χ0) is 22.8. The summed E-state index contributed by atoms with van der Waals surface area (Å²) in [6, 6.07) is 13.3. The van der Waals surface area contributed by atoms with E-state index >= 15 is 0 Å². The Kier molecular flexibility index (Phi) is 6.21. The van der Waals surface area contributed by atoms with Gasteiger partial charge in [0.2, 0.25) is 0 Å². The number of methoxy groups -OCH3 is 1. The van der Waals surface area contributed by atoms with Crippen LogP contribution in [0.5, 0.6) is 5.75 Å². The fourth-order valence-corrected chi connectivity index (χ4v) is 4.07. The van der Waals surface area contributed by atoms with E-state index in [1.807, 2.05) is 0 Å². The number of halogens is 3. The van der Waals surface area contributed by atoms with E-state index in [-0.39, 0.29) is 11.3 Å². The van der Waals surface area contributed by atoms with E-state index in [1.165, 1.54) is 31.4 Å². The molecule has 0 heterocycles. The molecule has 3 rings (SSSR count). The summed E-state index contributed by atoms with van der Waals surface area (Å²) >= 11 is 0. The molecule has 0 aliphatic heterocycles. The Bertz CT molecular complexity index is 1230. The highest BCUT2D eigenvalue weighted by Gasteiger charge is 2.30. The van der Waals surface area contributed by atoms with Gasteiger partial charge in [-0.05, 0) is 48.5 Å². The zero-order valence-electron chi connectivity index (χ0n) is 16.4. The summed E-state index contributed by atoms with van der Waals surface area (Å²) < 4.78 is 72.4. The summed E-state index contributed by atoms with van der Waals surface area (Å²) in [6.45, 7) is 0. The third kappa shape index (κ3) is 4.33. The molecule has 162 valence electrons. The van der Waals surface area contributed by atoms with E-state index in [4.69, 9.17) is 4.74 Å². The standard InChI is InChI=1S/C21H17F3N2O4S/c1-26(31(28,29)18-12-11-16(22)19(23)20(18)24)17-6-4-3-5-15(17)21(27)25-13-7-9-14(30-2)10-8-13/h3-12H,1-2H3,(H,25,27). The van der Waals surface area contributed by atoms with Crippen LogP contribution in [0.25, 0.3) is 0 Å². The van der Waals surface area contributed by atoms with Gasteiger partial charge in [0.1, 0.15) is 10.6 Å². The van der Waals surface area contributed by atoms with Crippen molar-refractivity contribution >= 4 is 27.3 Å². The van der Waals surface area contributed by atoms with E-state index in [0.29, 0.717) is 27.9 Å². The zero-order valence-corrected chi connectivity index (χ0v) is 17.2. The number of amides is 1. The van der Waals surface area contributed by atoms with Gasteiger partial charge in [-0.2, -0.15) is 0 Å². The maximum atomic E-state index is 14.1. The Morgan fingerprint density at radius 2 is 1.58 bits per heavy atom. The third-order valence-corrected chi connectivity index (χ3v) is 6.26. The molecule has 0 aliphatic carbocycles. The maximum Gasteiger partial charge on any atom is 0.267 e. The van der Waals surface area contributed by atoms with Gasteiger partial charge in [0.15, 0.2) is 17.5 Å². The lowest BCUT2D eigenvalue weighted by atomic mass is 10.1. The summed E-state index contributed by atoms with van der Waals surface area (Å²) in [7, 11) is -2.07. The predicted octanol–water partition coefficient (Wildman–Crippen LogP) is 4.19. The van der Waals surface area contributed by atoms with Crippen LogP contribution in [-0.2, 0) is 10.0 Å². The molecule has 0 atom stereocenters. The monoisotopic (exact) mass is 450 g/mol. The van der Waals surface area contributed by atoms with Crippen molar-refractivity contribution in [3.63, 3.8) is 0 Å². The van der Waals surface area contributed by atoms with Crippen LogP contribution in [0.4, 0.5) is 24.5 Å². The minimum absolute atomic E-state index is 0.0348. The van der Waals surface area contributed by atoms with E-state index in [1.54, 1.807) is 24.3 Å². The van der Waals surface area contributed by atoms with Crippen molar-refractivity contribution in [2.24, 2.45) is 0 Å². The van der Waals surface area contributed by atoms with Gasteiger partial charge >= 0.3 is 0 Å². The maximum absolute atomic E-state index is 14.1. The number of carbonyl (C=O) groups is 1. The fourth-order valence-electron chi connectivity index (χ4n) is 2.80. The molecule has 0 saturated carbocycles. The lowest BCUT2D eigenvalue weighted by molar-refractivity contribution is 0.102. The second kappa shape index (κ2) is 8.68. The highest BCUT2D eigenvalue weighted by atomic mass is 32.2. The van der Waals surface area contributed by atoms with Gasteiger partial charge in [0, 0.05) is 12.7 Å². The van der Waals surface area contributed by atoms with Crippen molar-refractivity contribution < 1.29 is 31.1 Å². The third-order valence-electron chi connectivity index (χ3n) is 4.47. The van der Waals surface area contributed by atoms with Gasteiger partial charge in [0.25, 0.3) is 15.9 Å². The van der Waals surface area contributed by atoms with Gasteiger partial charge in [0.05, 0.1) is 18.4 Å². The minimum Gasteiger partial charge on any atom is -0.497 e. The second-order valence-electron chi connectivity index (χ2n) is 6.35. The molecular formula is C21H17F3N2O4S. The molecule has 1 amide bonds. The van der Waals surface area contributed by atoms with E-state index in [0.717, 1.165) is 7.05 Å². The van der Waals surface area contributed by atoms with Crippen LogP contribution in [0.15, 0.2) is 65.6 Å². The number of nitrogens with one attached hydrogen (secondary N) is 1. The normalized spacial score (nSPS) is 11.1. The number of carbonyl (C=O) groups excluding carboxylic acids is 1. The molecule has 0 fully saturated rings. The second-order valence-corrected chi connectivity index (χ2v) is 8.28. The van der Waals surface area contributed by atoms with Crippen LogP contribution in [0.1, 0.15) is 10.4 Å². The van der Waals surface area contributed by atoms with Crippen LogP contribution in [0, 0.1) is 17.5 Å². The lowest BCUT2D eigenvalue weighted by Crippen LogP contribution is -2.30. The summed E-state index contributed by atoms with van der Waals surface area (Å²) in [5.74, 6) is -5.31. The first kappa shape index (κ1) is 22.2. The molecule has 0 saturated heterocycles. The molecule has 0 radical (unpaired) electrons. The Morgan fingerprint density at radius 3 is 2.23 bits per heavy atom. The quantitative estimate of drug-likeness (QED) is 0.572. The van der Waals surface area contributed by atoms with Gasteiger partial charge in [-0.1, -0.05) is 12.1 Å². The number of rotatable bonds is 6. The van der Waals surface area contributed by atoms with Gasteiger partial charge in [-0.25, -0.2) is 21.6 Å². The highest BCUT2D eigenvalue weighted by Crippen LogP contribution is 2.29. The summed E-state index contributed by atoms with van der Waals surface area (Å²) in [5.41, 5.74) is 0.308. The molecule has 3 aromatic rings. The van der Waals surface area contributed by atoms with Crippen molar-refractivity contribution in [1.29, 1.82) is 0 Å². The topological polar surface area (TPSA) is 75.7 Å². The van der Waals surface area contributed by atoms with Crippen LogP contribution < -0.4 is 14.4 Å². The fraction of sp³-hybridized carbons (Fsp3) is 0.0952. The average molecular weight is 450 g/mol. The Labute approximate surface area is 176 Å². The summed E-state index contributed by atoms with van der Waals surface area (Å²) in [6.07, 6.45) is 0. The molecule has 31 heavy (non-hydrogen) atoms. The molecule has 0 unspecified atom stereocenters. The van der Waals surface area contributed by atoms with Crippen molar-refractivity contribution in [1.82, 2.24) is 0 Å². The van der Waals surface area contributed by atoms with Gasteiger partial charge in [-0.15, -0.1) is 0 Å². The predicted molar refractivity (Wildman–Crippen MR) is 109 cm³/mol. The Hall–Kier alpha value is -3.53. The number of para-hydroxylation sites is 1. The molecule has 0 spiro atoms. The van der Waals surface area contributed by atoms with Crippen molar-refractivity contribution in [3.05, 3.63) is 83.7 Å². The van der Waals surface area contributed by atoms with Crippen molar-refractivity contribution in [2.45, 2.75) is 4.90 Å². The van der Waals surface area contributed by atoms with Crippen molar-refractivity contribution in [3.8, 4) is 5.75 Å². The summed E-state index contributed by atoms with van der Waals surface area (Å²) in [5, 5.41) is 2.62. The van der Waals surface area contributed by atoms with Crippen LogP contribution in [0.2, 0.25) is 0 Å². The Balaban J connectivity index is 1.96. The van der Waals surface area contributed by atoms with Crippen LogP contribution in [0.3, 0.4) is 0 Å². The molecule has 1 N–H and O–H groups in total. The lowest BCUT2D eigenvalue weighted by Gasteiger charge is -2.22. The smallest absolute Gasteiger partial charge is 0.267 e. The summed E-state index contributed by atoms with van der Waals surface area (Å²) in [4.78, 5) is 11.7. The molecule has 3 aromatic carbocycles. The van der Waals surface area contributed by atoms with E-state index in [2.05, 4.69) is 5.32 Å².